The van der Waals surface area contributed by atoms with Crippen LogP contribution in [0.4, 0.5) is 0 Å². The van der Waals surface area contributed by atoms with Gasteiger partial charge in [0.1, 0.15) is 0 Å². The molecule has 0 spiro atoms. The van der Waals surface area contributed by atoms with Gasteiger partial charge in [0, 0.05) is 0 Å². The van der Waals surface area contributed by atoms with Crippen molar-refractivity contribution in [1.82, 2.24) is 0 Å². The normalized spacial score (nSPS) is 12.4. The fourth-order valence-electron chi connectivity index (χ4n) is 3.38. The summed E-state index contributed by atoms with van der Waals surface area (Å²) in [4.78, 5) is 25.3. The number of benzene rings is 3. The molecule has 0 bridgehead atoms. The van der Waals surface area contributed by atoms with Crippen LogP contribution in [0.15, 0.2) is 91.0 Å². The first-order valence-electron chi connectivity index (χ1n) is 9.15. The van der Waals surface area contributed by atoms with Crippen molar-refractivity contribution in [3.63, 3.8) is 0 Å². The van der Waals surface area contributed by atoms with Crippen LogP contribution in [0.1, 0.15) is 20.3 Å². The van der Waals surface area contributed by atoms with Gasteiger partial charge in [-0.15, -0.1) is 0 Å². The third kappa shape index (κ3) is 3.35. The van der Waals surface area contributed by atoms with E-state index in [0.717, 1.165) is 9.81 Å². The monoisotopic (exact) mass is 572 g/mol. The second-order valence-corrected chi connectivity index (χ2v) is 21.3. The molecule has 0 unspecified atom stereocenters. The number of rotatable bonds is 6. The zero-order valence-electron chi connectivity index (χ0n) is 15.9. The fraction of sp³-hybridized carbons (Fsp3) is 0.130. The average molecular weight is 572 g/mol. The molecule has 0 fully saturated rings. The number of hydrogen-bond acceptors (Lipinski definition) is 4. The van der Waals surface area contributed by atoms with E-state index in [2.05, 4.69) is 0 Å². The van der Waals surface area contributed by atoms with Crippen molar-refractivity contribution in [2.45, 2.75) is 20.3 Å². The summed E-state index contributed by atoms with van der Waals surface area (Å²) in [5.74, 6) is -0.876. The molecular formula is C23H23BiO4. The first kappa shape index (κ1) is 20.2. The molecule has 28 heavy (non-hydrogen) atoms. The fourth-order valence-corrected chi connectivity index (χ4v) is 21.7. The van der Waals surface area contributed by atoms with Crippen LogP contribution in [0.25, 0.3) is 0 Å². The van der Waals surface area contributed by atoms with Gasteiger partial charge in [-0.3, -0.25) is 0 Å². The molecule has 0 aliphatic carbocycles. The van der Waals surface area contributed by atoms with E-state index in [1.165, 1.54) is 6.92 Å². The molecule has 0 saturated heterocycles. The van der Waals surface area contributed by atoms with Crippen molar-refractivity contribution in [3.05, 3.63) is 91.0 Å². The molecule has 0 heterocycles. The zero-order valence-corrected chi connectivity index (χ0v) is 19.4. The van der Waals surface area contributed by atoms with Crippen LogP contribution in [0.3, 0.4) is 0 Å². The quantitative estimate of drug-likeness (QED) is 0.427. The Kier molecular flexibility index (Phi) is 5.95. The summed E-state index contributed by atoms with van der Waals surface area (Å²) in [5, 5.41) is 0. The number of hydrogen-bond donors (Lipinski definition) is 0. The predicted molar refractivity (Wildman–Crippen MR) is 112 cm³/mol. The van der Waals surface area contributed by atoms with E-state index in [1.54, 1.807) is 6.92 Å². The second-order valence-electron chi connectivity index (χ2n) is 6.36. The second kappa shape index (κ2) is 8.24. The molecule has 0 N–H and O–H groups in total. The van der Waals surface area contributed by atoms with E-state index in [0.29, 0.717) is 0 Å². The van der Waals surface area contributed by atoms with Crippen molar-refractivity contribution >= 4 is 41.4 Å². The van der Waals surface area contributed by atoms with E-state index in [4.69, 9.17) is 5.63 Å². The molecule has 0 amide bonds. The molecule has 0 radical (unpaired) electrons. The van der Waals surface area contributed by atoms with Crippen LogP contribution in [0, 0.1) is 0 Å². The van der Waals surface area contributed by atoms with Gasteiger partial charge in [0.05, 0.1) is 0 Å². The number of carbonyl (C=O) groups is 2. The molecule has 3 rings (SSSR count). The predicted octanol–water partition coefficient (Wildman–Crippen LogP) is 2.62. The van der Waals surface area contributed by atoms with Crippen LogP contribution in [0.5, 0.6) is 0 Å². The molecule has 3 aromatic carbocycles. The maximum absolute atomic E-state index is 12.8. The Morgan fingerprint density at radius 3 is 1.32 bits per heavy atom. The summed E-state index contributed by atoms with van der Waals surface area (Å²) in [6, 6.07) is 28.2. The van der Waals surface area contributed by atoms with Crippen LogP contribution < -0.4 is 9.81 Å². The van der Waals surface area contributed by atoms with Crippen molar-refractivity contribution in [3.8, 4) is 0 Å². The van der Waals surface area contributed by atoms with E-state index in [-0.39, 0.29) is 6.42 Å². The topological polar surface area (TPSA) is 52.6 Å². The first-order valence-corrected chi connectivity index (χ1v) is 17.2. The third-order valence-electron chi connectivity index (χ3n) is 4.54. The molecule has 4 nitrogen and oxygen atoms in total. The minimum atomic E-state index is -5.65. The minimum absolute atomic E-state index is 0.179. The van der Waals surface area contributed by atoms with Gasteiger partial charge in [0.2, 0.25) is 0 Å². The molecule has 0 saturated carbocycles. The first-order chi connectivity index (χ1) is 13.5. The Morgan fingerprint density at radius 1 is 0.679 bits per heavy atom. The molecule has 0 atom stereocenters. The Labute approximate surface area is 167 Å². The zero-order chi connectivity index (χ0) is 20.1. The van der Waals surface area contributed by atoms with E-state index < -0.39 is 31.6 Å². The molecule has 3 aromatic rings. The van der Waals surface area contributed by atoms with Crippen molar-refractivity contribution in [2.75, 3.05) is 0 Å². The molecule has 5 heteroatoms. The van der Waals surface area contributed by atoms with Gasteiger partial charge < -0.3 is 0 Å². The summed E-state index contributed by atoms with van der Waals surface area (Å²) in [7, 11) is 0. The maximum atomic E-state index is 12.8. The van der Waals surface area contributed by atoms with Gasteiger partial charge in [0.15, 0.2) is 0 Å². The number of carbonyl (C=O) groups excluding carboxylic acids is 2. The SMILES string of the molecule is CCC(=O)[O][Bi]([O]C(C)=O)([c]1ccccc1)([c]1ccccc1)[c]1ccccc1. The summed E-state index contributed by atoms with van der Waals surface area (Å²) in [6.07, 6.45) is 0.179. The standard InChI is InChI=1S/3C6H5.C3H6O2.C2H4O2.Bi/c3*1-2-4-6-5-3-1;1-2-3(4)5;1-2(3)4;/h3*1-5H;2H2,1H3,(H,4,5);1H3,(H,3,4);/q;;;;;+2/p-2. The molecule has 0 aliphatic heterocycles. The molecule has 144 valence electrons. The van der Waals surface area contributed by atoms with Gasteiger partial charge in [-0.1, -0.05) is 0 Å². The van der Waals surface area contributed by atoms with Crippen LogP contribution in [-0.2, 0) is 15.2 Å². The van der Waals surface area contributed by atoms with Crippen LogP contribution in [0.2, 0.25) is 0 Å². The van der Waals surface area contributed by atoms with Crippen molar-refractivity contribution in [2.24, 2.45) is 0 Å². The van der Waals surface area contributed by atoms with Crippen LogP contribution in [-0.4, -0.2) is 31.6 Å². The van der Waals surface area contributed by atoms with Gasteiger partial charge in [-0.05, 0) is 0 Å². The van der Waals surface area contributed by atoms with Gasteiger partial charge in [-0.2, -0.15) is 0 Å². The van der Waals surface area contributed by atoms with E-state index >= 15 is 0 Å². The van der Waals surface area contributed by atoms with Gasteiger partial charge in [0.25, 0.3) is 0 Å². The summed E-state index contributed by atoms with van der Waals surface area (Å²) < 4.78 is 14.9. The Bertz CT molecular complexity index is 856. The van der Waals surface area contributed by atoms with Crippen molar-refractivity contribution < 1.29 is 15.2 Å². The summed E-state index contributed by atoms with van der Waals surface area (Å²) in [5.41, 5.74) is 0. The Hall–Kier alpha value is -2.52. The summed E-state index contributed by atoms with van der Waals surface area (Å²) >= 11 is -5.65. The van der Waals surface area contributed by atoms with E-state index in [1.807, 2.05) is 91.0 Å². The molecule has 0 aromatic heterocycles. The van der Waals surface area contributed by atoms with Crippen LogP contribution >= 0.6 is 0 Å². The average Bonchev–Trinajstić information content (AvgIpc) is 2.75. The Morgan fingerprint density at radius 2 is 1.04 bits per heavy atom. The Balaban J connectivity index is 2.54. The summed E-state index contributed by atoms with van der Waals surface area (Å²) in [6.45, 7) is 3.10. The van der Waals surface area contributed by atoms with E-state index in [9.17, 15) is 9.59 Å². The molecule has 0 aliphatic rings. The molecular weight excluding hydrogens is 549 g/mol. The van der Waals surface area contributed by atoms with Crippen molar-refractivity contribution in [1.29, 1.82) is 0 Å². The third-order valence-corrected chi connectivity index (χ3v) is 23.5. The van der Waals surface area contributed by atoms with Gasteiger partial charge >= 0.3 is 168 Å². The van der Waals surface area contributed by atoms with Gasteiger partial charge in [-0.25, -0.2) is 0 Å².